The zero-order valence-corrected chi connectivity index (χ0v) is 10.7. The monoisotopic (exact) mass is 249 g/mol. The van der Waals surface area contributed by atoms with Crippen LogP contribution in [-0.2, 0) is 5.54 Å². The number of nitrogens with one attached hydrogen (secondary N) is 1. The number of nitrogens with zero attached hydrogens (tertiary/aromatic N) is 2. The highest BCUT2D eigenvalue weighted by molar-refractivity contribution is 6.30. The average Bonchev–Trinajstić information content (AvgIpc) is 2.39. The molecular formula is C13H16ClN3. The van der Waals surface area contributed by atoms with Gasteiger partial charge in [0.1, 0.15) is 5.54 Å². The molecule has 1 aliphatic rings. The average molecular weight is 250 g/mol. The van der Waals surface area contributed by atoms with Crippen molar-refractivity contribution in [3.05, 3.63) is 34.9 Å². The van der Waals surface area contributed by atoms with Gasteiger partial charge in [-0.05, 0) is 24.6 Å². The van der Waals surface area contributed by atoms with Crippen molar-refractivity contribution in [1.82, 2.24) is 10.2 Å². The van der Waals surface area contributed by atoms with Gasteiger partial charge in [-0.3, -0.25) is 4.90 Å². The maximum Gasteiger partial charge on any atom is 0.132 e. The SMILES string of the molecule is CC(C#N)(c1cccc(Cl)c1)N1CCNCC1. The number of hydrogen-bond donors (Lipinski definition) is 1. The van der Waals surface area contributed by atoms with Crippen molar-refractivity contribution in [2.75, 3.05) is 26.2 Å². The topological polar surface area (TPSA) is 39.1 Å². The first kappa shape index (κ1) is 12.4. The number of hydrogen-bond acceptors (Lipinski definition) is 3. The summed E-state index contributed by atoms with van der Waals surface area (Å²) in [6.45, 7) is 5.59. The Balaban J connectivity index is 2.33. The lowest BCUT2D eigenvalue weighted by Crippen LogP contribution is -2.52. The van der Waals surface area contributed by atoms with Crippen LogP contribution in [0.4, 0.5) is 0 Å². The molecule has 2 rings (SSSR count). The maximum absolute atomic E-state index is 9.53. The molecule has 1 heterocycles. The fourth-order valence-corrected chi connectivity index (χ4v) is 2.41. The predicted octanol–water partition coefficient (Wildman–Crippen LogP) is 1.98. The molecule has 1 aromatic rings. The molecule has 0 radical (unpaired) electrons. The molecule has 0 aliphatic carbocycles. The van der Waals surface area contributed by atoms with Gasteiger partial charge in [-0.15, -0.1) is 0 Å². The van der Waals surface area contributed by atoms with E-state index in [9.17, 15) is 5.26 Å². The molecule has 1 aromatic carbocycles. The zero-order chi connectivity index (χ0) is 12.3. The number of halogens is 1. The first-order valence-corrected chi connectivity index (χ1v) is 6.18. The smallest absolute Gasteiger partial charge is 0.132 e. The quantitative estimate of drug-likeness (QED) is 0.871. The van der Waals surface area contributed by atoms with E-state index in [0.717, 1.165) is 31.7 Å². The van der Waals surface area contributed by atoms with Gasteiger partial charge in [0.2, 0.25) is 0 Å². The highest BCUT2D eigenvalue weighted by Gasteiger charge is 2.34. The van der Waals surface area contributed by atoms with E-state index in [1.807, 2.05) is 31.2 Å². The van der Waals surface area contributed by atoms with E-state index in [1.165, 1.54) is 0 Å². The lowest BCUT2D eigenvalue weighted by atomic mass is 9.91. The van der Waals surface area contributed by atoms with Crippen LogP contribution in [0.5, 0.6) is 0 Å². The summed E-state index contributed by atoms with van der Waals surface area (Å²) < 4.78 is 0. The van der Waals surface area contributed by atoms with Crippen LogP contribution in [0, 0.1) is 11.3 Å². The van der Waals surface area contributed by atoms with Crippen LogP contribution in [-0.4, -0.2) is 31.1 Å². The molecule has 3 nitrogen and oxygen atoms in total. The van der Waals surface area contributed by atoms with Gasteiger partial charge in [-0.25, -0.2) is 0 Å². The third kappa shape index (κ3) is 2.44. The van der Waals surface area contributed by atoms with E-state index in [0.29, 0.717) is 5.02 Å². The van der Waals surface area contributed by atoms with Crippen LogP contribution in [0.15, 0.2) is 24.3 Å². The fraction of sp³-hybridized carbons (Fsp3) is 0.462. The molecule has 17 heavy (non-hydrogen) atoms. The molecular weight excluding hydrogens is 234 g/mol. The molecule has 90 valence electrons. The first-order chi connectivity index (χ1) is 8.16. The summed E-state index contributed by atoms with van der Waals surface area (Å²) in [5.74, 6) is 0. The van der Waals surface area contributed by atoms with Crippen molar-refractivity contribution in [2.45, 2.75) is 12.5 Å². The number of benzene rings is 1. The van der Waals surface area contributed by atoms with Crippen molar-refractivity contribution in [2.24, 2.45) is 0 Å². The van der Waals surface area contributed by atoms with Gasteiger partial charge in [0, 0.05) is 31.2 Å². The van der Waals surface area contributed by atoms with Gasteiger partial charge in [-0.2, -0.15) is 5.26 Å². The van der Waals surface area contributed by atoms with Crippen LogP contribution in [0.2, 0.25) is 5.02 Å². The summed E-state index contributed by atoms with van der Waals surface area (Å²) in [7, 11) is 0. The Labute approximate surface area is 107 Å². The minimum Gasteiger partial charge on any atom is -0.314 e. The lowest BCUT2D eigenvalue weighted by Gasteiger charge is -2.39. The van der Waals surface area contributed by atoms with E-state index in [4.69, 9.17) is 11.6 Å². The normalized spacial score (nSPS) is 20.5. The molecule has 0 saturated carbocycles. The maximum atomic E-state index is 9.53. The summed E-state index contributed by atoms with van der Waals surface area (Å²) in [6.07, 6.45) is 0. The highest BCUT2D eigenvalue weighted by atomic mass is 35.5. The number of piperazine rings is 1. The number of nitriles is 1. The minimum atomic E-state index is -0.590. The summed E-state index contributed by atoms with van der Waals surface area (Å²) in [4.78, 5) is 2.20. The molecule has 0 bridgehead atoms. The molecule has 4 heteroatoms. The second-order valence-electron chi connectivity index (χ2n) is 4.43. The third-order valence-corrected chi connectivity index (χ3v) is 3.59. The van der Waals surface area contributed by atoms with Crippen molar-refractivity contribution < 1.29 is 0 Å². The number of rotatable bonds is 2. The molecule has 1 atom stereocenters. The van der Waals surface area contributed by atoms with Crippen molar-refractivity contribution >= 4 is 11.6 Å². The molecule has 1 N–H and O–H groups in total. The van der Waals surface area contributed by atoms with Crippen LogP contribution < -0.4 is 5.32 Å². The van der Waals surface area contributed by atoms with Crippen molar-refractivity contribution in [3.8, 4) is 6.07 Å². The molecule has 1 unspecified atom stereocenters. The van der Waals surface area contributed by atoms with E-state index in [-0.39, 0.29) is 0 Å². The Morgan fingerprint density at radius 1 is 1.41 bits per heavy atom. The van der Waals surface area contributed by atoms with Crippen LogP contribution >= 0.6 is 11.6 Å². The summed E-state index contributed by atoms with van der Waals surface area (Å²) in [5, 5.41) is 13.5. The van der Waals surface area contributed by atoms with Gasteiger partial charge in [0.05, 0.1) is 6.07 Å². The van der Waals surface area contributed by atoms with E-state index in [1.54, 1.807) is 0 Å². The molecule has 1 aliphatic heterocycles. The summed E-state index contributed by atoms with van der Waals surface area (Å²) in [6, 6.07) is 10.0. The van der Waals surface area contributed by atoms with E-state index >= 15 is 0 Å². The van der Waals surface area contributed by atoms with Crippen LogP contribution in [0.3, 0.4) is 0 Å². The zero-order valence-electron chi connectivity index (χ0n) is 9.91. The Kier molecular flexibility index (Phi) is 3.68. The summed E-state index contributed by atoms with van der Waals surface area (Å²) >= 11 is 6.01. The van der Waals surface area contributed by atoms with Crippen LogP contribution in [0.25, 0.3) is 0 Å². The van der Waals surface area contributed by atoms with Gasteiger partial charge < -0.3 is 5.32 Å². The van der Waals surface area contributed by atoms with Gasteiger partial charge in [0.15, 0.2) is 0 Å². The molecule has 0 spiro atoms. The molecule has 1 fully saturated rings. The largest absolute Gasteiger partial charge is 0.314 e. The molecule has 0 aromatic heterocycles. The van der Waals surface area contributed by atoms with Gasteiger partial charge >= 0.3 is 0 Å². The van der Waals surface area contributed by atoms with Gasteiger partial charge in [0.25, 0.3) is 0 Å². The first-order valence-electron chi connectivity index (χ1n) is 5.80. The van der Waals surface area contributed by atoms with Crippen molar-refractivity contribution in [1.29, 1.82) is 5.26 Å². The standard InChI is InChI=1S/C13H16ClN3/c1-13(10-15,17-7-5-16-6-8-17)11-3-2-4-12(14)9-11/h2-4,9,16H,5-8H2,1H3. The Bertz CT molecular complexity index is 435. The molecule has 1 saturated heterocycles. The van der Waals surface area contributed by atoms with Crippen molar-refractivity contribution in [3.63, 3.8) is 0 Å². The third-order valence-electron chi connectivity index (χ3n) is 3.35. The second-order valence-corrected chi connectivity index (χ2v) is 4.87. The lowest BCUT2D eigenvalue weighted by molar-refractivity contribution is 0.132. The van der Waals surface area contributed by atoms with Gasteiger partial charge in [-0.1, -0.05) is 23.7 Å². The Morgan fingerprint density at radius 2 is 2.12 bits per heavy atom. The van der Waals surface area contributed by atoms with E-state index in [2.05, 4.69) is 16.3 Å². The second kappa shape index (κ2) is 5.05. The Hall–Kier alpha value is -1.08. The summed E-state index contributed by atoms with van der Waals surface area (Å²) in [5.41, 5.74) is 0.377. The Morgan fingerprint density at radius 3 is 2.71 bits per heavy atom. The molecule has 0 amide bonds. The predicted molar refractivity (Wildman–Crippen MR) is 68.9 cm³/mol. The minimum absolute atomic E-state index is 0.590. The highest BCUT2D eigenvalue weighted by Crippen LogP contribution is 2.29. The fourth-order valence-electron chi connectivity index (χ4n) is 2.22. The van der Waals surface area contributed by atoms with E-state index < -0.39 is 5.54 Å². The van der Waals surface area contributed by atoms with Crippen LogP contribution in [0.1, 0.15) is 12.5 Å².